The van der Waals surface area contributed by atoms with Gasteiger partial charge in [-0.3, -0.25) is 0 Å². The molecule has 1 aromatic carbocycles. The SMILES string of the molecule is COc1cc(CCl)c(C(F)(F)F)c(C(F)(F)F)c1. The fourth-order valence-electron chi connectivity index (χ4n) is 1.45. The molecule has 0 N–H and O–H groups in total. The zero-order chi connectivity index (χ0) is 14.1. The number of alkyl halides is 7. The van der Waals surface area contributed by atoms with Crippen LogP contribution in [0.5, 0.6) is 5.75 Å². The van der Waals surface area contributed by atoms with Crippen LogP contribution in [-0.4, -0.2) is 7.11 Å². The quantitative estimate of drug-likeness (QED) is 0.577. The highest BCUT2D eigenvalue weighted by atomic mass is 35.5. The molecule has 0 radical (unpaired) electrons. The molecule has 1 aromatic rings. The monoisotopic (exact) mass is 292 g/mol. The first-order valence-electron chi connectivity index (χ1n) is 4.52. The summed E-state index contributed by atoms with van der Waals surface area (Å²) in [7, 11) is 1.06. The molecular formula is C10H7ClF6O. The Bertz CT molecular complexity index is 437. The minimum absolute atomic E-state index is 0.304. The molecule has 0 aliphatic rings. The summed E-state index contributed by atoms with van der Waals surface area (Å²) in [5.41, 5.74) is -4.24. The molecule has 0 fully saturated rings. The molecule has 1 rings (SSSR count). The smallest absolute Gasteiger partial charge is 0.417 e. The zero-order valence-corrected chi connectivity index (χ0v) is 9.67. The Morgan fingerprint density at radius 1 is 1.06 bits per heavy atom. The van der Waals surface area contributed by atoms with Crippen molar-refractivity contribution in [3.63, 3.8) is 0 Å². The van der Waals surface area contributed by atoms with E-state index < -0.39 is 34.9 Å². The summed E-state index contributed by atoms with van der Waals surface area (Å²) < 4.78 is 80.4. The number of halogens is 7. The van der Waals surface area contributed by atoms with Crippen molar-refractivity contribution in [2.45, 2.75) is 18.2 Å². The van der Waals surface area contributed by atoms with Gasteiger partial charge in [0.1, 0.15) is 5.75 Å². The van der Waals surface area contributed by atoms with Gasteiger partial charge in [-0.05, 0) is 17.7 Å². The predicted octanol–water partition coefficient (Wildman–Crippen LogP) is 4.47. The molecule has 0 aromatic heterocycles. The van der Waals surface area contributed by atoms with Gasteiger partial charge in [0, 0.05) is 5.88 Å². The van der Waals surface area contributed by atoms with Crippen LogP contribution in [0, 0.1) is 0 Å². The molecule has 102 valence electrons. The lowest BCUT2D eigenvalue weighted by Gasteiger charge is -2.19. The molecule has 1 nitrogen and oxygen atoms in total. The maximum absolute atomic E-state index is 12.7. The number of ether oxygens (including phenoxy) is 1. The summed E-state index contributed by atoms with van der Waals surface area (Å²) in [5, 5.41) is 0. The molecule has 0 bridgehead atoms. The molecule has 18 heavy (non-hydrogen) atoms. The zero-order valence-electron chi connectivity index (χ0n) is 8.92. The molecule has 0 saturated carbocycles. The maximum Gasteiger partial charge on any atom is 0.417 e. The Balaban J connectivity index is 3.64. The molecule has 0 aliphatic heterocycles. The average molecular weight is 293 g/mol. The van der Waals surface area contributed by atoms with Crippen LogP contribution in [0.4, 0.5) is 26.3 Å². The lowest BCUT2D eigenvalue weighted by molar-refractivity contribution is -0.162. The fraction of sp³-hybridized carbons (Fsp3) is 0.400. The second-order valence-electron chi connectivity index (χ2n) is 3.34. The van der Waals surface area contributed by atoms with Crippen LogP contribution in [0.2, 0.25) is 0 Å². The normalized spacial score (nSPS) is 12.7. The molecule has 8 heteroatoms. The van der Waals surface area contributed by atoms with Crippen molar-refractivity contribution in [3.05, 3.63) is 28.8 Å². The second kappa shape index (κ2) is 4.87. The maximum atomic E-state index is 12.7. The van der Waals surface area contributed by atoms with Gasteiger partial charge in [0.15, 0.2) is 0 Å². The van der Waals surface area contributed by atoms with Crippen molar-refractivity contribution in [1.82, 2.24) is 0 Å². The first-order chi connectivity index (χ1) is 8.11. The van der Waals surface area contributed by atoms with E-state index in [0.717, 1.165) is 13.2 Å². The van der Waals surface area contributed by atoms with E-state index in [1.807, 2.05) is 0 Å². The fourth-order valence-corrected chi connectivity index (χ4v) is 1.67. The van der Waals surface area contributed by atoms with Gasteiger partial charge in [-0.15, -0.1) is 11.6 Å². The number of hydrogen-bond acceptors (Lipinski definition) is 1. The van der Waals surface area contributed by atoms with Crippen LogP contribution in [0.1, 0.15) is 16.7 Å². The van der Waals surface area contributed by atoms with Crippen LogP contribution in [0.15, 0.2) is 12.1 Å². The van der Waals surface area contributed by atoms with Gasteiger partial charge in [-0.2, -0.15) is 26.3 Å². The second-order valence-corrected chi connectivity index (χ2v) is 3.61. The van der Waals surface area contributed by atoms with E-state index in [1.165, 1.54) is 0 Å². The van der Waals surface area contributed by atoms with Crippen molar-refractivity contribution in [1.29, 1.82) is 0 Å². The first kappa shape index (κ1) is 14.9. The molecule has 0 aliphatic carbocycles. The van der Waals surface area contributed by atoms with Gasteiger partial charge >= 0.3 is 12.4 Å². The summed E-state index contributed by atoms with van der Waals surface area (Å²) in [6, 6.07) is 1.14. The highest BCUT2D eigenvalue weighted by molar-refractivity contribution is 6.17. The molecule has 0 unspecified atom stereocenters. The van der Waals surface area contributed by atoms with Gasteiger partial charge < -0.3 is 4.74 Å². The van der Waals surface area contributed by atoms with E-state index in [-0.39, 0.29) is 5.75 Å². The summed E-state index contributed by atoms with van der Waals surface area (Å²) in [4.78, 5) is 0. The van der Waals surface area contributed by atoms with E-state index in [9.17, 15) is 26.3 Å². The molecule has 0 spiro atoms. The molecule has 0 saturated heterocycles. The van der Waals surface area contributed by atoms with E-state index >= 15 is 0 Å². The molecule has 0 heterocycles. The lowest BCUT2D eigenvalue weighted by Crippen LogP contribution is -2.19. The predicted molar refractivity (Wildman–Crippen MR) is 52.6 cm³/mol. The summed E-state index contributed by atoms with van der Waals surface area (Å²) in [6.45, 7) is 0. The van der Waals surface area contributed by atoms with E-state index in [0.29, 0.717) is 6.07 Å². The topological polar surface area (TPSA) is 9.23 Å². The minimum Gasteiger partial charge on any atom is -0.497 e. The number of methoxy groups -OCH3 is 1. The summed E-state index contributed by atoms with van der Waals surface area (Å²) in [6.07, 6.45) is -10.3. The standard InChI is InChI=1S/C10H7ClF6O/c1-18-6-2-5(4-11)8(10(15,16)17)7(3-6)9(12,13)14/h2-3H,4H2,1H3. The number of rotatable bonds is 2. The highest BCUT2D eigenvalue weighted by Crippen LogP contribution is 2.44. The molecule has 0 atom stereocenters. The Kier molecular flexibility index (Phi) is 4.05. The first-order valence-corrected chi connectivity index (χ1v) is 5.06. The number of hydrogen-bond donors (Lipinski definition) is 0. The van der Waals surface area contributed by atoms with Crippen LogP contribution < -0.4 is 4.74 Å². The van der Waals surface area contributed by atoms with Gasteiger partial charge in [0.05, 0.1) is 18.2 Å². The third kappa shape index (κ3) is 3.01. The van der Waals surface area contributed by atoms with E-state index in [4.69, 9.17) is 11.6 Å². The van der Waals surface area contributed by atoms with Crippen LogP contribution >= 0.6 is 11.6 Å². The Morgan fingerprint density at radius 3 is 1.94 bits per heavy atom. The van der Waals surface area contributed by atoms with E-state index in [2.05, 4.69) is 4.74 Å². The van der Waals surface area contributed by atoms with Crippen LogP contribution in [0.3, 0.4) is 0 Å². The Labute approximate surface area is 103 Å². The van der Waals surface area contributed by atoms with Crippen LogP contribution in [0.25, 0.3) is 0 Å². The van der Waals surface area contributed by atoms with Gasteiger partial charge in [0.2, 0.25) is 0 Å². The van der Waals surface area contributed by atoms with Gasteiger partial charge in [0.25, 0.3) is 0 Å². The molecular weight excluding hydrogens is 286 g/mol. The third-order valence-electron chi connectivity index (χ3n) is 2.16. The highest BCUT2D eigenvalue weighted by Gasteiger charge is 2.45. The van der Waals surface area contributed by atoms with E-state index in [1.54, 1.807) is 0 Å². The van der Waals surface area contributed by atoms with Crippen molar-refractivity contribution >= 4 is 11.6 Å². The van der Waals surface area contributed by atoms with Crippen molar-refractivity contribution in [2.75, 3.05) is 7.11 Å². The Hall–Kier alpha value is -1.11. The van der Waals surface area contributed by atoms with Gasteiger partial charge in [-0.1, -0.05) is 0 Å². The Morgan fingerprint density at radius 2 is 1.61 bits per heavy atom. The third-order valence-corrected chi connectivity index (χ3v) is 2.45. The minimum atomic E-state index is -5.14. The lowest BCUT2D eigenvalue weighted by atomic mass is 10.00. The van der Waals surface area contributed by atoms with Crippen molar-refractivity contribution < 1.29 is 31.1 Å². The summed E-state index contributed by atoms with van der Waals surface area (Å²) in [5.74, 6) is -1.03. The average Bonchev–Trinajstić information content (AvgIpc) is 2.24. The van der Waals surface area contributed by atoms with Gasteiger partial charge in [-0.25, -0.2) is 0 Å². The largest absolute Gasteiger partial charge is 0.497 e. The van der Waals surface area contributed by atoms with Crippen LogP contribution in [-0.2, 0) is 18.2 Å². The molecule has 0 amide bonds. The van der Waals surface area contributed by atoms with Crippen molar-refractivity contribution in [3.8, 4) is 5.75 Å². The summed E-state index contributed by atoms with van der Waals surface area (Å²) >= 11 is 5.27. The number of benzene rings is 1. The van der Waals surface area contributed by atoms with Crippen molar-refractivity contribution in [2.24, 2.45) is 0 Å².